The molecule has 0 amide bonds. The van der Waals surface area contributed by atoms with E-state index in [4.69, 9.17) is 4.74 Å². The van der Waals surface area contributed by atoms with Gasteiger partial charge in [-0.1, -0.05) is 30.3 Å². The minimum absolute atomic E-state index is 0.303. The van der Waals surface area contributed by atoms with Crippen molar-refractivity contribution in [1.82, 2.24) is 15.6 Å². The van der Waals surface area contributed by atoms with Crippen molar-refractivity contribution in [1.29, 1.82) is 0 Å². The van der Waals surface area contributed by atoms with Crippen LogP contribution in [0.4, 0.5) is 0 Å². The zero-order valence-corrected chi connectivity index (χ0v) is 14.1. The first kappa shape index (κ1) is 16.0. The summed E-state index contributed by atoms with van der Waals surface area (Å²) in [5.41, 5.74) is 2.18. The van der Waals surface area contributed by atoms with Crippen LogP contribution in [0.3, 0.4) is 0 Å². The average Bonchev–Trinajstić information content (AvgIpc) is 3.27. The Morgan fingerprint density at radius 2 is 2.22 bits per heavy atom. The highest BCUT2D eigenvalue weighted by Gasteiger charge is 2.15. The van der Waals surface area contributed by atoms with E-state index in [0.717, 1.165) is 48.2 Å². The first-order chi connectivity index (χ1) is 11.3. The summed E-state index contributed by atoms with van der Waals surface area (Å²) < 4.78 is 5.61. The molecule has 1 aromatic heterocycles. The van der Waals surface area contributed by atoms with Crippen LogP contribution in [0.5, 0.6) is 0 Å². The lowest BCUT2D eigenvalue weighted by Crippen LogP contribution is -2.40. The van der Waals surface area contributed by atoms with Gasteiger partial charge >= 0.3 is 0 Å². The van der Waals surface area contributed by atoms with Gasteiger partial charge in [-0.25, -0.2) is 4.98 Å². The highest BCUT2D eigenvalue weighted by atomic mass is 32.1. The second-order valence-corrected chi connectivity index (χ2v) is 6.31. The maximum absolute atomic E-state index is 5.61. The van der Waals surface area contributed by atoms with Gasteiger partial charge in [0.05, 0.1) is 18.3 Å². The number of benzene rings is 1. The van der Waals surface area contributed by atoms with Crippen LogP contribution in [0.25, 0.3) is 10.6 Å². The number of hydrogen-bond donors (Lipinski definition) is 2. The van der Waals surface area contributed by atoms with Gasteiger partial charge in [-0.05, 0) is 12.8 Å². The first-order valence-electron chi connectivity index (χ1n) is 7.91. The molecule has 2 aromatic rings. The molecule has 0 aliphatic carbocycles. The molecule has 0 saturated carbocycles. The Kier molecular flexibility index (Phi) is 5.60. The Balaban J connectivity index is 1.50. The summed E-state index contributed by atoms with van der Waals surface area (Å²) in [7, 11) is 1.78. The van der Waals surface area contributed by atoms with Gasteiger partial charge in [0.15, 0.2) is 5.96 Å². The predicted molar refractivity (Wildman–Crippen MR) is 94.7 cm³/mol. The number of nitrogens with one attached hydrogen (secondary N) is 2. The Morgan fingerprint density at radius 3 is 2.96 bits per heavy atom. The third-order valence-corrected chi connectivity index (χ3v) is 4.69. The van der Waals surface area contributed by atoms with E-state index in [0.29, 0.717) is 12.6 Å². The highest BCUT2D eigenvalue weighted by Crippen LogP contribution is 2.23. The first-order valence-corrected chi connectivity index (χ1v) is 8.79. The van der Waals surface area contributed by atoms with Crippen LogP contribution in [0.15, 0.2) is 40.7 Å². The number of aromatic nitrogens is 1. The molecule has 0 bridgehead atoms. The molecule has 5 nitrogen and oxygen atoms in total. The quantitative estimate of drug-likeness (QED) is 0.654. The molecule has 0 radical (unpaired) electrons. The maximum atomic E-state index is 5.61. The molecule has 0 spiro atoms. The van der Waals surface area contributed by atoms with E-state index in [1.54, 1.807) is 18.4 Å². The van der Waals surface area contributed by atoms with Crippen LogP contribution in [-0.2, 0) is 11.3 Å². The van der Waals surface area contributed by atoms with Crippen molar-refractivity contribution < 1.29 is 4.74 Å². The molecule has 3 rings (SSSR count). The monoisotopic (exact) mass is 330 g/mol. The zero-order valence-electron chi connectivity index (χ0n) is 13.3. The summed E-state index contributed by atoms with van der Waals surface area (Å²) in [6.07, 6.45) is 2.58. The van der Waals surface area contributed by atoms with Gasteiger partial charge < -0.3 is 15.4 Å². The van der Waals surface area contributed by atoms with E-state index >= 15 is 0 Å². The number of rotatable bonds is 5. The van der Waals surface area contributed by atoms with E-state index in [-0.39, 0.29) is 0 Å². The zero-order chi connectivity index (χ0) is 15.9. The van der Waals surface area contributed by atoms with Crippen LogP contribution in [0.2, 0.25) is 0 Å². The lowest BCUT2D eigenvalue weighted by molar-refractivity contribution is 0.114. The summed E-state index contributed by atoms with van der Waals surface area (Å²) in [5, 5.41) is 9.74. The molecule has 2 heterocycles. The molecule has 1 saturated heterocycles. The Hall–Kier alpha value is -1.92. The largest absolute Gasteiger partial charge is 0.376 e. The van der Waals surface area contributed by atoms with Gasteiger partial charge in [-0.3, -0.25) is 4.99 Å². The molecule has 6 heteroatoms. The van der Waals surface area contributed by atoms with Crippen LogP contribution >= 0.6 is 11.3 Å². The van der Waals surface area contributed by atoms with Crippen LogP contribution < -0.4 is 10.6 Å². The fourth-order valence-corrected chi connectivity index (χ4v) is 3.34. The molecule has 1 unspecified atom stereocenters. The van der Waals surface area contributed by atoms with Gasteiger partial charge in [0.1, 0.15) is 5.01 Å². The van der Waals surface area contributed by atoms with Crippen molar-refractivity contribution in [3.8, 4) is 10.6 Å². The standard InChI is InChI=1S/C17H22N4OS/c1-18-17(20-11-15-8-5-9-22-15)19-10-14-12-23-16(21-14)13-6-3-2-4-7-13/h2-4,6-7,12,15H,5,8-11H2,1H3,(H2,18,19,20). The summed E-state index contributed by atoms with van der Waals surface area (Å²) in [6, 6.07) is 10.2. The molecular weight excluding hydrogens is 308 g/mol. The summed E-state index contributed by atoms with van der Waals surface area (Å²) in [6.45, 7) is 2.33. The molecule has 2 N–H and O–H groups in total. The molecular formula is C17H22N4OS. The Labute approximate surface area is 140 Å². The number of guanidine groups is 1. The topological polar surface area (TPSA) is 58.5 Å². The van der Waals surface area contributed by atoms with Crippen LogP contribution in [0.1, 0.15) is 18.5 Å². The highest BCUT2D eigenvalue weighted by molar-refractivity contribution is 7.13. The summed E-state index contributed by atoms with van der Waals surface area (Å²) in [4.78, 5) is 8.92. The normalized spacial score (nSPS) is 18.1. The summed E-state index contributed by atoms with van der Waals surface area (Å²) >= 11 is 1.66. The van der Waals surface area contributed by atoms with Crippen molar-refractivity contribution >= 4 is 17.3 Å². The van der Waals surface area contributed by atoms with Gasteiger partial charge in [-0.2, -0.15) is 0 Å². The fraction of sp³-hybridized carbons (Fsp3) is 0.412. The lowest BCUT2D eigenvalue weighted by Gasteiger charge is -2.14. The maximum Gasteiger partial charge on any atom is 0.191 e. The lowest BCUT2D eigenvalue weighted by atomic mass is 10.2. The third kappa shape index (κ3) is 4.53. The van der Waals surface area contributed by atoms with Crippen molar-refractivity contribution in [3.05, 3.63) is 41.4 Å². The van der Waals surface area contributed by atoms with Crippen LogP contribution in [0, 0.1) is 0 Å². The van der Waals surface area contributed by atoms with Crippen molar-refractivity contribution in [2.75, 3.05) is 20.2 Å². The van der Waals surface area contributed by atoms with E-state index in [1.165, 1.54) is 0 Å². The summed E-state index contributed by atoms with van der Waals surface area (Å²) in [5.74, 6) is 0.787. The smallest absolute Gasteiger partial charge is 0.191 e. The van der Waals surface area contributed by atoms with Gasteiger partial charge in [0.25, 0.3) is 0 Å². The number of ether oxygens (including phenoxy) is 1. The minimum atomic E-state index is 0.303. The Bertz CT molecular complexity index is 635. The van der Waals surface area contributed by atoms with E-state index in [2.05, 4.69) is 38.1 Å². The van der Waals surface area contributed by atoms with Crippen LogP contribution in [-0.4, -0.2) is 37.2 Å². The molecule has 1 atom stereocenters. The molecule has 1 aliphatic heterocycles. The van der Waals surface area contributed by atoms with Gasteiger partial charge in [0.2, 0.25) is 0 Å². The average molecular weight is 330 g/mol. The minimum Gasteiger partial charge on any atom is -0.376 e. The molecule has 1 aliphatic rings. The van der Waals surface area contributed by atoms with E-state index in [1.807, 2.05) is 18.2 Å². The number of thiazole rings is 1. The Morgan fingerprint density at radius 1 is 1.35 bits per heavy atom. The fourth-order valence-electron chi connectivity index (χ4n) is 2.51. The molecule has 1 fully saturated rings. The molecule has 1 aromatic carbocycles. The number of aliphatic imine (C=N–C) groups is 1. The SMILES string of the molecule is CN=C(NCc1csc(-c2ccccc2)n1)NCC1CCCO1. The molecule has 122 valence electrons. The van der Waals surface area contributed by atoms with Crippen molar-refractivity contribution in [2.45, 2.75) is 25.5 Å². The van der Waals surface area contributed by atoms with Gasteiger partial charge in [0, 0.05) is 31.1 Å². The second kappa shape index (κ2) is 8.08. The van der Waals surface area contributed by atoms with E-state index in [9.17, 15) is 0 Å². The number of nitrogens with zero attached hydrogens (tertiary/aromatic N) is 2. The van der Waals surface area contributed by atoms with Crippen molar-refractivity contribution in [2.24, 2.45) is 4.99 Å². The predicted octanol–water partition coefficient (Wildman–Crippen LogP) is 2.65. The third-order valence-electron chi connectivity index (χ3n) is 3.75. The van der Waals surface area contributed by atoms with E-state index < -0.39 is 0 Å². The molecule has 23 heavy (non-hydrogen) atoms. The number of hydrogen-bond acceptors (Lipinski definition) is 4. The second-order valence-electron chi connectivity index (χ2n) is 5.45. The van der Waals surface area contributed by atoms with Gasteiger partial charge in [-0.15, -0.1) is 11.3 Å². The van der Waals surface area contributed by atoms with Crippen molar-refractivity contribution in [3.63, 3.8) is 0 Å².